The summed E-state index contributed by atoms with van der Waals surface area (Å²) in [6.45, 7) is 12.7. The summed E-state index contributed by atoms with van der Waals surface area (Å²) in [6.07, 6.45) is 15.9. The quantitative estimate of drug-likeness (QED) is 0.0749. The maximum absolute atomic E-state index is 7.08. The zero-order chi connectivity index (χ0) is 27.5. The van der Waals surface area contributed by atoms with E-state index in [1.165, 1.54) is 72.6 Å². The third-order valence-corrected chi connectivity index (χ3v) is 27.9. The van der Waals surface area contributed by atoms with Gasteiger partial charge in [0.05, 0.1) is 0 Å². The van der Waals surface area contributed by atoms with Crippen LogP contribution in [0.5, 0.6) is 0 Å². The van der Waals surface area contributed by atoms with Crippen molar-refractivity contribution in [2.75, 3.05) is 6.61 Å². The van der Waals surface area contributed by atoms with Crippen LogP contribution in [0.15, 0.2) is 72.3 Å². The zero-order valence-electron chi connectivity index (χ0n) is 25.6. The molecular weight excluding hydrogens is 583 g/mol. The molecule has 38 heavy (non-hydrogen) atoms. The summed E-state index contributed by atoms with van der Waals surface area (Å²) in [4.78, 5) is 0. The Balaban J connectivity index is 2.11. The van der Waals surface area contributed by atoms with Gasteiger partial charge in [0.2, 0.25) is 0 Å². The second kappa shape index (κ2) is 19.3. The predicted octanol–water partition coefficient (Wildman–Crippen LogP) is 10.1. The first-order valence-electron chi connectivity index (χ1n) is 16.0. The van der Waals surface area contributed by atoms with Crippen LogP contribution in [0, 0.1) is 0 Å². The van der Waals surface area contributed by atoms with Crippen molar-refractivity contribution in [1.82, 2.24) is 0 Å². The number of hydrogen-bond donors (Lipinski definition) is 0. The van der Waals surface area contributed by atoms with Gasteiger partial charge in [-0.05, 0) is 0 Å². The van der Waals surface area contributed by atoms with Crippen LogP contribution in [0.2, 0.25) is 23.8 Å². The molecule has 0 fully saturated rings. The standard InChI is InChI=1S/C23H31OSi.3C4H9.Sn/c1-4-6-20-25(22-15-9-7-10-16-22,23-17-11-8-12-18-23)24-19-13-14-21(3)5-2;3*1-3-4-2;/h5,7-12,15-18H,2,4,6,13-14,19-20H2,1,3H3;3*1,3-4H2,2H3;. The van der Waals surface area contributed by atoms with E-state index >= 15 is 0 Å². The molecule has 0 aromatic heterocycles. The third kappa shape index (κ3) is 11.0. The molecule has 0 spiro atoms. The molecule has 0 unspecified atom stereocenters. The molecule has 0 N–H and O–H groups in total. The minimum atomic E-state index is -2.24. The summed E-state index contributed by atoms with van der Waals surface area (Å²) in [6, 6.07) is 23.5. The second-order valence-electron chi connectivity index (χ2n) is 11.7. The minimum absolute atomic E-state index is 0.862. The molecule has 1 nitrogen and oxygen atoms in total. The van der Waals surface area contributed by atoms with Gasteiger partial charge in [0.25, 0.3) is 0 Å². The van der Waals surface area contributed by atoms with E-state index in [1.54, 1.807) is 18.9 Å². The van der Waals surface area contributed by atoms with Crippen molar-refractivity contribution in [2.24, 2.45) is 0 Å². The van der Waals surface area contributed by atoms with Crippen molar-refractivity contribution in [3.8, 4) is 0 Å². The van der Waals surface area contributed by atoms with E-state index in [0.29, 0.717) is 0 Å². The second-order valence-corrected chi connectivity index (χ2v) is 29.3. The van der Waals surface area contributed by atoms with Crippen LogP contribution in [-0.4, -0.2) is 33.3 Å². The molecule has 0 bridgehead atoms. The van der Waals surface area contributed by atoms with E-state index in [-0.39, 0.29) is 0 Å². The fourth-order valence-corrected chi connectivity index (χ4v) is 25.7. The molecule has 0 aliphatic heterocycles. The van der Waals surface area contributed by atoms with Crippen LogP contribution < -0.4 is 10.4 Å². The Morgan fingerprint density at radius 3 is 1.61 bits per heavy atom. The molecule has 0 heterocycles. The van der Waals surface area contributed by atoms with Crippen LogP contribution in [0.4, 0.5) is 0 Å². The van der Waals surface area contributed by atoms with Gasteiger partial charge in [-0.1, -0.05) is 0 Å². The first-order valence-corrected chi connectivity index (χ1v) is 26.1. The number of benzene rings is 2. The molecule has 2 rings (SSSR count). The summed E-state index contributed by atoms with van der Waals surface area (Å²) in [5.74, 6) is 0. The average molecular weight is 642 g/mol. The Kier molecular flexibility index (Phi) is 16.9. The Labute approximate surface area is 241 Å². The Bertz CT molecular complexity index is 818. The van der Waals surface area contributed by atoms with Gasteiger partial charge in [0, 0.05) is 0 Å². The van der Waals surface area contributed by atoms with Crippen molar-refractivity contribution < 1.29 is 4.43 Å². The molecule has 3 heteroatoms. The van der Waals surface area contributed by atoms with Crippen molar-refractivity contribution in [1.29, 1.82) is 0 Å². The Morgan fingerprint density at radius 1 is 0.684 bits per heavy atom. The van der Waals surface area contributed by atoms with Crippen LogP contribution in [0.1, 0.15) is 98.8 Å². The monoisotopic (exact) mass is 642 g/mol. The van der Waals surface area contributed by atoms with E-state index in [1.807, 2.05) is 0 Å². The molecule has 212 valence electrons. The molecule has 0 saturated carbocycles. The first kappa shape index (κ1) is 33.4. The van der Waals surface area contributed by atoms with E-state index in [4.69, 9.17) is 4.43 Å². The van der Waals surface area contributed by atoms with Gasteiger partial charge in [-0.15, -0.1) is 0 Å². The van der Waals surface area contributed by atoms with Crippen molar-refractivity contribution >= 4 is 37.1 Å². The fourth-order valence-electron chi connectivity index (χ4n) is 5.96. The number of hydrogen-bond acceptors (Lipinski definition) is 1. The summed E-state index contributed by atoms with van der Waals surface area (Å²) >= 11 is -2.08. The van der Waals surface area contributed by atoms with Gasteiger partial charge < -0.3 is 0 Å². The third-order valence-electron chi connectivity index (χ3n) is 8.49. The van der Waals surface area contributed by atoms with E-state index in [0.717, 1.165) is 19.1 Å². The Morgan fingerprint density at radius 2 is 1.16 bits per heavy atom. The van der Waals surface area contributed by atoms with Gasteiger partial charge in [-0.2, -0.15) is 0 Å². The predicted molar refractivity (Wildman–Crippen MR) is 176 cm³/mol. The van der Waals surface area contributed by atoms with E-state index < -0.39 is 26.7 Å². The van der Waals surface area contributed by atoms with Gasteiger partial charge in [-0.3, -0.25) is 0 Å². The maximum atomic E-state index is 7.08. The zero-order valence-corrected chi connectivity index (χ0v) is 29.4. The van der Waals surface area contributed by atoms with Crippen LogP contribution >= 0.6 is 0 Å². The van der Waals surface area contributed by atoms with E-state index in [9.17, 15) is 0 Å². The molecule has 0 saturated heterocycles. The SMILES string of the molecule is CCCC[Si](OCCCC(C)=C[CH2][Sn]([CH2]CCC)([CH2]CCC)[CH2]CCC)(c1ccccc1)c1ccccc1. The molecule has 2 aromatic carbocycles. The Hall–Kier alpha value is -0.844. The molecule has 0 atom stereocenters. The number of rotatable bonds is 21. The van der Waals surface area contributed by atoms with Crippen molar-refractivity contribution in [2.45, 2.75) is 123 Å². The van der Waals surface area contributed by atoms with Gasteiger partial charge in [-0.25, -0.2) is 0 Å². The van der Waals surface area contributed by atoms with Gasteiger partial charge in [0.15, 0.2) is 0 Å². The molecule has 0 amide bonds. The van der Waals surface area contributed by atoms with E-state index in [2.05, 4.69) is 101 Å². The topological polar surface area (TPSA) is 9.23 Å². The molecule has 0 aliphatic rings. The van der Waals surface area contributed by atoms with Crippen LogP contribution in [-0.2, 0) is 4.43 Å². The molecule has 0 radical (unpaired) electrons. The summed E-state index contributed by atoms with van der Waals surface area (Å²) in [5, 5.41) is 2.85. The number of allylic oxidation sites excluding steroid dienone is 2. The van der Waals surface area contributed by atoms with Gasteiger partial charge >= 0.3 is 243 Å². The number of unbranched alkanes of at least 4 members (excludes halogenated alkanes) is 4. The van der Waals surface area contributed by atoms with Crippen molar-refractivity contribution in [3.05, 3.63) is 72.3 Å². The van der Waals surface area contributed by atoms with Crippen LogP contribution in [0.25, 0.3) is 0 Å². The summed E-state index contributed by atoms with van der Waals surface area (Å²) < 4.78 is 13.4. The average Bonchev–Trinajstić information content (AvgIpc) is 2.97. The van der Waals surface area contributed by atoms with Crippen molar-refractivity contribution in [3.63, 3.8) is 0 Å². The fraction of sp³-hybridized carbons (Fsp3) is 0.600. The van der Waals surface area contributed by atoms with Crippen LogP contribution in [0.3, 0.4) is 0 Å². The molecular formula is C35H58OSiSn. The first-order chi connectivity index (χ1) is 18.6. The summed E-state index contributed by atoms with van der Waals surface area (Å²) in [7, 11) is -2.24. The summed E-state index contributed by atoms with van der Waals surface area (Å²) in [5.41, 5.74) is 1.61. The molecule has 0 aliphatic carbocycles. The molecule has 2 aromatic rings. The normalized spacial score (nSPS) is 12.7. The van der Waals surface area contributed by atoms with Gasteiger partial charge in [0.1, 0.15) is 0 Å².